The topological polar surface area (TPSA) is 102 Å². The van der Waals surface area contributed by atoms with Crippen molar-refractivity contribution in [1.82, 2.24) is 10.7 Å². The molecule has 0 radical (unpaired) electrons. The van der Waals surface area contributed by atoms with E-state index in [4.69, 9.17) is 13.9 Å². The van der Waals surface area contributed by atoms with Crippen molar-refractivity contribution < 1.29 is 23.5 Å². The summed E-state index contributed by atoms with van der Waals surface area (Å²) in [6.07, 6.45) is 2.90. The summed E-state index contributed by atoms with van der Waals surface area (Å²) in [5, 5.41) is 6.54. The highest BCUT2D eigenvalue weighted by atomic mass is 127. The Morgan fingerprint density at radius 2 is 1.81 bits per heavy atom. The van der Waals surface area contributed by atoms with Gasteiger partial charge in [-0.2, -0.15) is 5.10 Å². The molecule has 0 atom stereocenters. The molecule has 2 N–H and O–H groups in total. The van der Waals surface area contributed by atoms with Crippen molar-refractivity contribution in [2.75, 3.05) is 6.79 Å². The average Bonchev–Trinajstić information content (AvgIpc) is 3.42. The Bertz CT molecular complexity index is 1170. The van der Waals surface area contributed by atoms with Crippen molar-refractivity contribution in [3.8, 4) is 11.5 Å². The van der Waals surface area contributed by atoms with Crippen molar-refractivity contribution in [3.05, 3.63) is 87.0 Å². The quantitative estimate of drug-likeness (QED) is 0.220. The number of rotatable bonds is 6. The Labute approximate surface area is 191 Å². The third-order valence-electron chi connectivity index (χ3n) is 4.19. The average molecular weight is 529 g/mol. The molecule has 0 spiro atoms. The summed E-state index contributed by atoms with van der Waals surface area (Å²) in [5.41, 5.74) is 3.47. The highest BCUT2D eigenvalue weighted by molar-refractivity contribution is 14.1. The van der Waals surface area contributed by atoms with Crippen molar-refractivity contribution in [1.29, 1.82) is 0 Å². The highest BCUT2D eigenvalue weighted by Crippen LogP contribution is 2.33. The van der Waals surface area contributed by atoms with Gasteiger partial charge in [0.2, 0.25) is 6.79 Å². The van der Waals surface area contributed by atoms with Gasteiger partial charge >= 0.3 is 0 Å². The SMILES string of the molecule is O=C(N/N=C/c1ccc(I)o1)/C(=C\c1ccc2c(c1)OCO2)NC(=O)c1ccccc1. The Morgan fingerprint density at radius 3 is 2.58 bits per heavy atom. The van der Waals surface area contributed by atoms with E-state index in [0.29, 0.717) is 32.2 Å². The van der Waals surface area contributed by atoms with Gasteiger partial charge in [-0.1, -0.05) is 24.3 Å². The summed E-state index contributed by atoms with van der Waals surface area (Å²) in [6.45, 7) is 0.140. The molecule has 1 aromatic heterocycles. The maximum atomic E-state index is 12.7. The molecular formula is C22H16IN3O5. The standard InChI is InChI=1S/C22H16IN3O5/c23-20-9-7-16(31-20)12-24-26-22(28)17(25-21(27)15-4-2-1-3-5-15)10-14-6-8-18-19(11-14)30-13-29-18/h1-12H,13H2,(H,25,27)(H,26,28)/b17-10+,24-12+. The van der Waals surface area contributed by atoms with Crippen LogP contribution in [-0.2, 0) is 4.79 Å². The summed E-state index contributed by atoms with van der Waals surface area (Å²) in [7, 11) is 0. The van der Waals surface area contributed by atoms with Gasteiger partial charge in [-0.15, -0.1) is 0 Å². The summed E-state index contributed by atoms with van der Waals surface area (Å²) in [5.74, 6) is 0.647. The van der Waals surface area contributed by atoms with E-state index in [-0.39, 0.29) is 12.5 Å². The van der Waals surface area contributed by atoms with E-state index in [2.05, 4.69) is 15.8 Å². The largest absolute Gasteiger partial charge is 0.454 e. The third-order valence-corrected chi connectivity index (χ3v) is 4.77. The van der Waals surface area contributed by atoms with E-state index in [0.717, 1.165) is 0 Å². The maximum absolute atomic E-state index is 12.7. The molecule has 9 heteroatoms. The number of fused-ring (bicyclic) bond motifs is 1. The molecule has 0 saturated heterocycles. The fraction of sp³-hybridized carbons (Fsp3) is 0.0455. The second-order valence-corrected chi connectivity index (χ2v) is 7.40. The molecule has 0 saturated carbocycles. The summed E-state index contributed by atoms with van der Waals surface area (Å²) in [6, 6.07) is 17.3. The van der Waals surface area contributed by atoms with Gasteiger partial charge in [0.1, 0.15) is 11.5 Å². The number of nitrogens with zero attached hydrogens (tertiary/aromatic N) is 1. The first-order valence-corrected chi connectivity index (χ1v) is 10.2. The Kier molecular flexibility index (Phi) is 6.32. The van der Waals surface area contributed by atoms with Crippen molar-refractivity contribution in [2.24, 2.45) is 5.10 Å². The normalized spacial score (nSPS) is 12.7. The van der Waals surface area contributed by atoms with E-state index in [1.165, 1.54) is 12.3 Å². The second-order valence-electron chi connectivity index (χ2n) is 6.33. The van der Waals surface area contributed by atoms with Gasteiger partial charge < -0.3 is 19.2 Å². The van der Waals surface area contributed by atoms with Crippen LogP contribution in [0.1, 0.15) is 21.7 Å². The van der Waals surface area contributed by atoms with Crippen LogP contribution in [0.2, 0.25) is 0 Å². The summed E-state index contributed by atoms with van der Waals surface area (Å²) < 4.78 is 16.7. The number of ether oxygens (including phenoxy) is 2. The molecule has 31 heavy (non-hydrogen) atoms. The maximum Gasteiger partial charge on any atom is 0.287 e. The number of amides is 2. The zero-order valence-corrected chi connectivity index (χ0v) is 18.2. The number of carbonyl (C=O) groups excluding carboxylic acids is 2. The molecule has 0 bridgehead atoms. The monoisotopic (exact) mass is 529 g/mol. The van der Waals surface area contributed by atoms with Crippen LogP contribution < -0.4 is 20.2 Å². The number of furan rings is 1. The highest BCUT2D eigenvalue weighted by Gasteiger charge is 2.16. The minimum Gasteiger partial charge on any atom is -0.454 e. The molecule has 0 aliphatic carbocycles. The molecule has 2 amide bonds. The van der Waals surface area contributed by atoms with Crippen LogP contribution in [0, 0.1) is 3.77 Å². The number of hydrogen-bond donors (Lipinski definition) is 2. The van der Waals surface area contributed by atoms with Crippen LogP contribution in [0.15, 0.2) is 75.9 Å². The summed E-state index contributed by atoms with van der Waals surface area (Å²) >= 11 is 2.03. The molecule has 1 aliphatic rings. The van der Waals surface area contributed by atoms with Crippen LogP contribution in [0.25, 0.3) is 6.08 Å². The lowest BCUT2D eigenvalue weighted by Gasteiger charge is -2.09. The van der Waals surface area contributed by atoms with E-state index in [9.17, 15) is 9.59 Å². The number of hydrazone groups is 1. The Hall–Kier alpha value is -3.60. The van der Waals surface area contributed by atoms with E-state index in [1.54, 1.807) is 60.7 Å². The number of hydrogen-bond acceptors (Lipinski definition) is 6. The Balaban J connectivity index is 1.56. The smallest absolute Gasteiger partial charge is 0.287 e. The minimum absolute atomic E-state index is 0.0129. The van der Waals surface area contributed by atoms with E-state index >= 15 is 0 Å². The molecular weight excluding hydrogens is 513 g/mol. The van der Waals surface area contributed by atoms with Crippen LogP contribution in [-0.4, -0.2) is 24.8 Å². The first kappa shape index (κ1) is 20.7. The van der Waals surface area contributed by atoms with Crippen molar-refractivity contribution in [3.63, 3.8) is 0 Å². The fourth-order valence-electron chi connectivity index (χ4n) is 2.72. The zero-order chi connectivity index (χ0) is 21.6. The molecule has 4 rings (SSSR count). The molecule has 8 nitrogen and oxygen atoms in total. The van der Waals surface area contributed by atoms with Gasteiger partial charge in [-0.3, -0.25) is 9.59 Å². The van der Waals surface area contributed by atoms with Crippen LogP contribution in [0.4, 0.5) is 0 Å². The van der Waals surface area contributed by atoms with Crippen molar-refractivity contribution in [2.45, 2.75) is 0 Å². The van der Waals surface area contributed by atoms with E-state index < -0.39 is 11.8 Å². The molecule has 2 aromatic carbocycles. The lowest BCUT2D eigenvalue weighted by molar-refractivity contribution is -0.117. The van der Waals surface area contributed by atoms with Crippen LogP contribution >= 0.6 is 22.6 Å². The zero-order valence-electron chi connectivity index (χ0n) is 16.0. The van der Waals surface area contributed by atoms with E-state index in [1.807, 2.05) is 22.6 Å². The lowest BCUT2D eigenvalue weighted by Crippen LogP contribution is -2.32. The summed E-state index contributed by atoms with van der Waals surface area (Å²) in [4.78, 5) is 25.4. The lowest BCUT2D eigenvalue weighted by atomic mass is 10.1. The number of benzene rings is 2. The van der Waals surface area contributed by atoms with Gasteiger partial charge in [0.15, 0.2) is 15.3 Å². The number of halogens is 1. The van der Waals surface area contributed by atoms with Crippen molar-refractivity contribution >= 4 is 46.7 Å². The van der Waals surface area contributed by atoms with Gasteiger partial charge in [0.05, 0.1) is 6.21 Å². The predicted octanol–water partition coefficient (Wildman–Crippen LogP) is 3.53. The third kappa shape index (κ3) is 5.31. The van der Waals surface area contributed by atoms with Crippen LogP contribution in [0.3, 0.4) is 0 Å². The second kappa shape index (κ2) is 9.47. The molecule has 3 aromatic rings. The molecule has 2 heterocycles. The van der Waals surface area contributed by atoms with Gasteiger partial charge in [0, 0.05) is 5.56 Å². The molecule has 0 unspecified atom stereocenters. The first-order chi connectivity index (χ1) is 15.1. The van der Waals surface area contributed by atoms with Gasteiger partial charge in [0.25, 0.3) is 11.8 Å². The van der Waals surface area contributed by atoms with Gasteiger partial charge in [-0.05, 0) is 70.6 Å². The molecule has 1 aliphatic heterocycles. The van der Waals surface area contributed by atoms with Crippen LogP contribution in [0.5, 0.6) is 11.5 Å². The number of nitrogens with one attached hydrogen (secondary N) is 2. The molecule has 156 valence electrons. The Morgan fingerprint density at radius 1 is 1.00 bits per heavy atom. The predicted molar refractivity (Wildman–Crippen MR) is 122 cm³/mol. The molecule has 0 fully saturated rings. The fourth-order valence-corrected chi connectivity index (χ4v) is 3.16. The van der Waals surface area contributed by atoms with Gasteiger partial charge in [-0.25, -0.2) is 5.43 Å². The first-order valence-electron chi connectivity index (χ1n) is 9.15. The number of carbonyl (C=O) groups is 2. The minimum atomic E-state index is -0.598.